The lowest BCUT2D eigenvalue weighted by atomic mass is 10.0. The Morgan fingerprint density at radius 2 is 2.10 bits per heavy atom. The summed E-state index contributed by atoms with van der Waals surface area (Å²) in [5.74, 6) is 1.12. The zero-order valence-electron chi connectivity index (χ0n) is 13.5. The second kappa shape index (κ2) is 9.32. The molecule has 5 heteroatoms. The first kappa shape index (κ1) is 17.4. The van der Waals surface area contributed by atoms with Gasteiger partial charge in [0.15, 0.2) is 5.96 Å². The molecule has 0 saturated heterocycles. The molecule has 118 valence electrons. The molecular formula is C16H27FN4. The van der Waals surface area contributed by atoms with Crippen LogP contribution in [0.4, 0.5) is 4.39 Å². The van der Waals surface area contributed by atoms with E-state index >= 15 is 0 Å². The second-order valence-electron chi connectivity index (χ2n) is 5.73. The zero-order chi connectivity index (χ0) is 15.7. The highest BCUT2D eigenvalue weighted by molar-refractivity contribution is 5.79. The number of aromatic nitrogens is 1. The highest BCUT2D eigenvalue weighted by atomic mass is 19.1. The molecule has 2 N–H and O–H groups in total. The number of halogens is 1. The summed E-state index contributed by atoms with van der Waals surface area (Å²) in [6, 6.07) is 3.33. The molecule has 0 aliphatic rings. The van der Waals surface area contributed by atoms with Gasteiger partial charge < -0.3 is 10.6 Å². The number of nitrogens with one attached hydrogen (secondary N) is 2. The molecule has 0 saturated carbocycles. The molecular weight excluding hydrogens is 267 g/mol. The summed E-state index contributed by atoms with van der Waals surface area (Å²) in [5, 5.41) is 6.41. The number of rotatable bonds is 7. The van der Waals surface area contributed by atoms with E-state index in [1.165, 1.54) is 18.9 Å². The van der Waals surface area contributed by atoms with E-state index in [1.54, 1.807) is 19.3 Å². The summed E-state index contributed by atoms with van der Waals surface area (Å²) in [6.07, 6.45) is 5.11. The van der Waals surface area contributed by atoms with E-state index < -0.39 is 0 Å². The average Bonchev–Trinajstić information content (AvgIpc) is 2.44. The van der Waals surface area contributed by atoms with Gasteiger partial charge in [0.1, 0.15) is 5.82 Å². The minimum absolute atomic E-state index is 0.301. The van der Waals surface area contributed by atoms with Gasteiger partial charge in [0.2, 0.25) is 0 Å². The molecule has 1 rings (SSSR count). The Balaban J connectivity index is 2.37. The van der Waals surface area contributed by atoms with E-state index in [4.69, 9.17) is 0 Å². The first-order valence-corrected chi connectivity index (χ1v) is 7.59. The lowest BCUT2D eigenvalue weighted by Gasteiger charge is -2.18. The first-order chi connectivity index (χ1) is 10.0. The van der Waals surface area contributed by atoms with Gasteiger partial charge in [-0.3, -0.25) is 9.98 Å². The predicted octanol–water partition coefficient (Wildman–Crippen LogP) is 3.10. The number of nitrogens with zero attached hydrogens (tertiary/aromatic N) is 2. The van der Waals surface area contributed by atoms with Crippen molar-refractivity contribution in [2.75, 3.05) is 7.05 Å². The monoisotopic (exact) mass is 294 g/mol. The van der Waals surface area contributed by atoms with Crippen molar-refractivity contribution < 1.29 is 4.39 Å². The molecule has 4 nitrogen and oxygen atoms in total. The molecule has 21 heavy (non-hydrogen) atoms. The van der Waals surface area contributed by atoms with Crippen LogP contribution in [0.1, 0.15) is 45.7 Å². The topological polar surface area (TPSA) is 49.3 Å². The molecule has 0 aliphatic heterocycles. The fraction of sp³-hybridized carbons (Fsp3) is 0.625. The third-order valence-corrected chi connectivity index (χ3v) is 3.28. The number of aliphatic imine (C=N–C) groups is 1. The van der Waals surface area contributed by atoms with Crippen molar-refractivity contribution in [3.8, 4) is 0 Å². The molecule has 0 aliphatic carbocycles. The van der Waals surface area contributed by atoms with E-state index in [1.807, 2.05) is 0 Å². The SMILES string of the molecule is CN=C(NCc1ncccc1F)NC(C)CCCC(C)C. The van der Waals surface area contributed by atoms with Gasteiger partial charge in [-0.2, -0.15) is 0 Å². The fourth-order valence-electron chi connectivity index (χ4n) is 2.05. The van der Waals surface area contributed by atoms with Crippen LogP contribution in [0.25, 0.3) is 0 Å². The van der Waals surface area contributed by atoms with Gasteiger partial charge in [0, 0.05) is 19.3 Å². The normalized spacial score (nSPS) is 13.3. The van der Waals surface area contributed by atoms with Crippen molar-refractivity contribution in [2.45, 2.75) is 52.6 Å². The molecule has 0 bridgehead atoms. The quantitative estimate of drug-likeness (QED) is 0.600. The highest BCUT2D eigenvalue weighted by Gasteiger charge is 2.07. The number of pyridine rings is 1. The maximum Gasteiger partial charge on any atom is 0.191 e. The van der Waals surface area contributed by atoms with Gasteiger partial charge in [-0.25, -0.2) is 4.39 Å². The summed E-state index contributed by atoms with van der Waals surface area (Å²) in [6.45, 7) is 6.93. The summed E-state index contributed by atoms with van der Waals surface area (Å²) >= 11 is 0. The Bertz CT molecular complexity index is 446. The van der Waals surface area contributed by atoms with Crippen molar-refractivity contribution in [1.82, 2.24) is 15.6 Å². The Kier molecular flexibility index (Phi) is 7.72. The molecule has 1 unspecified atom stereocenters. The first-order valence-electron chi connectivity index (χ1n) is 7.59. The molecule has 0 fully saturated rings. The van der Waals surface area contributed by atoms with Gasteiger partial charge in [-0.05, 0) is 31.4 Å². The molecule has 0 amide bonds. The molecule has 1 heterocycles. The Labute approximate surface area is 127 Å². The standard InChI is InChI=1S/C16H27FN4/c1-12(2)7-5-8-13(3)21-16(18-4)20-11-15-14(17)9-6-10-19-15/h6,9-10,12-13H,5,7-8,11H2,1-4H3,(H2,18,20,21). The maximum atomic E-state index is 13.5. The summed E-state index contributed by atoms with van der Waals surface area (Å²) in [4.78, 5) is 8.17. The Morgan fingerprint density at radius 3 is 2.71 bits per heavy atom. The van der Waals surface area contributed by atoms with Crippen molar-refractivity contribution in [3.05, 3.63) is 29.8 Å². The molecule has 1 aromatic heterocycles. The second-order valence-corrected chi connectivity index (χ2v) is 5.73. The maximum absolute atomic E-state index is 13.5. The minimum Gasteiger partial charge on any atom is -0.354 e. The van der Waals surface area contributed by atoms with Gasteiger partial charge in [-0.1, -0.05) is 26.7 Å². The minimum atomic E-state index is -0.301. The van der Waals surface area contributed by atoms with Gasteiger partial charge in [0.25, 0.3) is 0 Å². The largest absolute Gasteiger partial charge is 0.354 e. The lowest BCUT2D eigenvalue weighted by Crippen LogP contribution is -2.42. The smallest absolute Gasteiger partial charge is 0.191 e. The Morgan fingerprint density at radius 1 is 1.33 bits per heavy atom. The number of guanidine groups is 1. The molecule has 1 atom stereocenters. The van der Waals surface area contributed by atoms with Crippen LogP contribution in [0, 0.1) is 11.7 Å². The van der Waals surface area contributed by atoms with Crippen LogP contribution >= 0.6 is 0 Å². The van der Waals surface area contributed by atoms with Crippen LogP contribution in [-0.2, 0) is 6.54 Å². The van der Waals surface area contributed by atoms with Gasteiger partial charge in [0.05, 0.1) is 12.2 Å². The zero-order valence-corrected chi connectivity index (χ0v) is 13.5. The van der Waals surface area contributed by atoms with Crippen molar-refractivity contribution in [1.29, 1.82) is 0 Å². The van der Waals surface area contributed by atoms with Crippen LogP contribution in [0.5, 0.6) is 0 Å². The molecule has 0 aromatic carbocycles. The highest BCUT2D eigenvalue weighted by Crippen LogP contribution is 2.08. The summed E-state index contributed by atoms with van der Waals surface area (Å²) < 4.78 is 13.5. The third kappa shape index (κ3) is 7.06. The van der Waals surface area contributed by atoms with Gasteiger partial charge >= 0.3 is 0 Å². The van der Waals surface area contributed by atoms with Gasteiger partial charge in [-0.15, -0.1) is 0 Å². The van der Waals surface area contributed by atoms with Crippen LogP contribution in [-0.4, -0.2) is 24.0 Å². The van der Waals surface area contributed by atoms with Crippen LogP contribution in [0.3, 0.4) is 0 Å². The van der Waals surface area contributed by atoms with E-state index in [2.05, 4.69) is 41.4 Å². The predicted molar refractivity (Wildman–Crippen MR) is 85.7 cm³/mol. The van der Waals surface area contributed by atoms with Crippen molar-refractivity contribution >= 4 is 5.96 Å². The lowest BCUT2D eigenvalue weighted by molar-refractivity contribution is 0.491. The van der Waals surface area contributed by atoms with Crippen LogP contribution in [0.15, 0.2) is 23.3 Å². The molecule has 1 aromatic rings. The summed E-state index contributed by atoms with van der Waals surface area (Å²) in [7, 11) is 1.71. The van der Waals surface area contributed by atoms with Crippen molar-refractivity contribution in [3.63, 3.8) is 0 Å². The van der Waals surface area contributed by atoms with Crippen molar-refractivity contribution in [2.24, 2.45) is 10.9 Å². The summed E-state index contributed by atoms with van der Waals surface area (Å²) in [5.41, 5.74) is 0.396. The number of hydrogen-bond donors (Lipinski definition) is 2. The third-order valence-electron chi connectivity index (χ3n) is 3.28. The molecule has 0 radical (unpaired) electrons. The van der Waals surface area contributed by atoms with Crippen LogP contribution in [0.2, 0.25) is 0 Å². The molecule has 0 spiro atoms. The van der Waals surface area contributed by atoms with E-state index in [-0.39, 0.29) is 5.82 Å². The Hall–Kier alpha value is -1.65. The van der Waals surface area contributed by atoms with E-state index in [0.29, 0.717) is 24.2 Å². The van der Waals surface area contributed by atoms with E-state index in [0.717, 1.165) is 12.3 Å². The average molecular weight is 294 g/mol. The fourth-order valence-corrected chi connectivity index (χ4v) is 2.05. The van der Waals surface area contributed by atoms with E-state index in [9.17, 15) is 4.39 Å². The number of hydrogen-bond acceptors (Lipinski definition) is 2. The van der Waals surface area contributed by atoms with Crippen LogP contribution < -0.4 is 10.6 Å².